The average molecular weight is 303 g/mol. The maximum Gasteiger partial charge on any atom is 0.224 e. The lowest BCUT2D eigenvalue weighted by atomic mass is 10.3. The molecule has 0 aliphatic carbocycles. The van der Waals surface area contributed by atoms with Gasteiger partial charge in [-0.2, -0.15) is 0 Å². The lowest BCUT2D eigenvalue weighted by Crippen LogP contribution is -2.41. The van der Waals surface area contributed by atoms with E-state index in [1.165, 1.54) is 0 Å². The number of nitrogens with one attached hydrogen (secondary N) is 1. The van der Waals surface area contributed by atoms with Crippen LogP contribution in [0.5, 0.6) is 0 Å². The molecule has 1 aromatic rings. The average Bonchev–Trinajstić information content (AvgIpc) is 2.43. The maximum atomic E-state index is 11.9. The second-order valence-corrected chi connectivity index (χ2v) is 5.14. The topological polar surface area (TPSA) is 41.6 Å². The van der Waals surface area contributed by atoms with Gasteiger partial charge in [-0.1, -0.05) is 23.2 Å². The Morgan fingerprint density at radius 2 is 2.05 bits per heavy atom. The normalized spacial score (nSPS) is 15.4. The molecule has 1 fully saturated rings. The monoisotopic (exact) mass is 302 g/mol. The summed E-state index contributed by atoms with van der Waals surface area (Å²) in [5.74, 6) is 0.133. The molecule has 1 N–H and O–H groups in total. The first kappa shape index (κ1) is 14.4. The molecule has 1 amide bonds. The Kier molecular flexibility index (Phi) is 5.31. The standard InChI is InChI=1S/C13H16Cl2N2O2/c14-10-1-2-11(15)12(9-10)16-4-3-13(18)17-5-7-19-8-6-17/h1-2,9,16H,3-8H2. The van der Waals surface area contributed by atoms with Crippen LogP contribution in [-0.2, 0) is 9.53 Å². The minimum absolute atomic E-state index is 0.133. The number of amides is 1. The van der Waals surface area contributed by atoms with Gasteiger partial charge in [0.25, 0.3) is 0 Å². The number of hydrogen-bond donors (Lipinski definition) is 1. The van der Waals surface area contributed by atoms with Gasteiger partial charge in [0.2, 0.25) is 5.91 Å². The van der Waals surface area contributed by atoms with Crippen LogP contribution < -0.4 is 5.32 Å². The van der Waals surface area contributed by atoms with E-state index in [0.717, 1.165) is 5.69 Å². The first-order valence-corrected chi connectivity index (χ1v) is 6.97. The van der Waals surface area contributed by atoms with Crippen LogP contribution in [0.1, 0.15) is 6.42 Å². The van der Waals surface area contributed by atoms with Gasteiger partial charge in [-0.25, -0.2) is 0 Å². The molecule has 2 rings (SSSR count). The number of rotatable bonds is 4. The number of carbonyl (C=O) groups excluding carboxylic acids is 1. The van der Waals surface area contributed by atoms with E-state index in [0.29, 0.717) is 49.3 Å². The van der Waals surface area contributed by atoms with E-state index >= 15 is 0 Å². The van der Waals surface area contributed by atoms with Crippen LogP contribution in [0.3, 0.4) is 0 Å². The number of morpholine rings is 1. The highest BCUT2D eigenvalue weighted by molar-refractivity contribution is 6.35. The molecule has 0 saturated carbocycles. The Balaban J connectivity index is 1.79. The molecule has 1 heterocycles. The molecule has 1 aliphatic rings. The number of anilines is 1. The van der Waals surface area contributed by atoms with Crippen LogP contribution in [0.2, 0.25) is 10.0 Å². The number of ether oxygens (including phenoxy) is 1. The van der Waals surface area contributed by atoms with Crippen LogP contribution >= 0.6 is 23.2 Å². The Morgan fingerprint density at radius 3 is 2.79 bits per heavy atom. The van der Waals surface area contributed by atoms with Gasteiger partial charge in [0.1, 0.15) is 0 Å². The van der Waals surface area contributed by atoms with E-state index < -0.39 is 0 Å². The van der Waals surface area contributed by atoms with E-state index in [4.69, 9.17) is 27.9 Å². The Hall–Kier alpha value is -0.970. The summed E-state index contributed by atoms with van der Waals surface area (Å²) in [5.41, 5.74) is 0.754. The van der Waals surface area contributed by atoms with Crippen molar-refractivity contribution in [1.82, 2.24) is 4.90 Å². The molecule has 0 aromatic heterocycles. The first-order valence-electron chi connectivity index (χ1n) is 6.21. The molecular weight excluding hydrogens is 287 g/mol. The van der Waals surface area contributed by atoms with Gasteiger partial charge < -0.3 is 15.0 Å². The largest absolute Gasteiger partial charge is 0.383 e. The molecule has 1 aliphatic heterocycles. The van der Waals surface area contributed by atoms with Crippen molar-refractivity contribution >= 4 is 34.8 Å². The molecule has 6 heteroatoms. The zero-order chi connectivity index (χ0) is 13.7. The summed E-state index contributed by atoms with van der Waals surface area (Å²) >= 11 is 11.9. The van der Waals surface area contributed by atoms with E-state index in [2.05, 4.69) is 5.32 Å². The third-order valence-electron chi connectivity index (χ3n) is 2.95. The van der Waals surface area contributed by atoms with Crippen molar-refractivity contribution in [3.8, 4) is 0 Å². The smallest absolute Gasteiger partial charge is 0.224 e. The highest BCUT2D eigenvalue weighted by Crippen LogP contribution is 2.25. The molecule has 0 atom stereocenters. The molecule has 104 valence electrons. The highest BCUT2D eigenvalue weighted by Gasteiger charge is 2.16. The summed E-state index contributed by atoms with van der Waals surface area (Å²) in [6.07, 6.45) is 0.433. The fraction of sp³-hybridized carbons (Fsp3) is 0.462. The number of nitrogens with zero attached hydrogens (tertiary/aromatic N) is 1. The van der Waals surface area contributed by atoms with Gasteiger partial charge >= 0.3 is 0 Å². The fourth-order valence-electron chi connectivity index (χ4n) is 1.91. The van der Waals surface area contributed by atoms with Crippen molar-refractivity contribution in [1.29, 1.82) is 0 Å². The summed E-state index contributed by atoms with van der Waals surface area (Å²) in [6, 6.07) is 5.22. The van der Waals surface area contributed by atoms with Gasteiger partial charge in [-0.05, 0) is 18.2 Å². The van der Waals surface area contributed by atoms with Crippen molar-refractivity contribution in [2.24, 2.45) is 0 Å². The number of carbonyl (C=O) groups is 1. The van der Waals surface area contributed by atoms with Crippen molar-refractivity contribution in [3.63, 3.8) is 0 Å². The first-order chi connectivity index (χ1) is 9.16. The number of hydrogen-bond acceptors (Lipinski definition) is 3. The van der Waals surface area contributed by atoms with E-state index in [1.54, 1.807) is 18.2 Å². The maximum absolute atomic E-state index is 11.9. The molecule has 0 spiro atoms. The van der Waals surface area contributed by atoms with Crippen molar-refractivity contribution in [2.45, 2.75) is 6.42 Å². The molecule has 1 saturated heterocycles. The predicted molar refractivity (Wildman–Crippen MR) is 77.0 cm³/mol. The number of halogens is 2. The van der Waals surface area contributed by atoms with Gasteiger partial charge in [0.05, 0.1) is 23.9 Å². The van der Waals surface area contributed by atoms with E-state index in [9.17, 15) is 4.79 Å². The second kappa shape index (κ2) is 6.98. The predicted octanol–water partition coefficient (Wildman–Crippen LogP) is 2.65. The quantitative estimate of drug-likeness (QED) is 0.930. The van der Waals surface area contributed by atoms with Crippen LogP contribution in [0.4, 0.5) is 5.69 Å². The molecule has 1 aromatic carbocycles. The second-order valence-electron chi connectivity index (χ2n) is 4.29. The van der Waals surface area contributed by atoms with Crippen LogP contribution in [0, 0.1) is 0 Å². The van der Waals surface area contributed by atoms with Crippen molar-refractivity contribution in [2.75, 3.05) is 38.2 Å². The molecule has 19 heavy (non-hydrogen) atoms. The van der Waals surface area contributed by atoms with E-state index in [1.807, 2.05) is 4.90 Å². The summed E-state index contributed by atoms with van der Waals surface area (Å²) in [5, 5.41) is 4.35. The number of benzene rings is 1. The highest BCUT2D eigenvalue weighted by atomic mass is 35.5. The summed E-state index contributed by atoms with van der Waals surface area (Å²) in [4.78, 5) is 13.7. The third-order valence-corrected chi connectivity index (χ3v) is 3.51. The molecule has 0 radical (unpaired) electrons. The summed E-state index contributed by atoms with van der Waals surface area (Å²) in [6.45, 7) is 3.14. The molecular formula is C13H16Cl2N2O2. The minimum atomic E-state index is 0.133. The Bertz CT molecular complexity index is 448. The SMILES string of the molecule is O=C(CCNc1cc(Cl)ccc1Cl)N1CCOCC1. The van der Waals surface area contributed by atoms with Crippen LogP contribution in [0.15, 0.2) is 18.2 Å². The molecule has 0 bridgehead atoms. The minimum Gasteiger partial charge on any atom is -0.383 e. The van der Waals surface area contributed by atoms with Gasteiger partial charge in [0.15, 0.2) is 0 Å². The molecule has 0 unspecified atom stereocenters. The van der Waals surface area contributed by atoms with Gasteiger partial charge in [-0.15, -0.1) is 0 Å². The zero-order valence-electron chi connectivity index (χ0n) is 10.5. The Morgan fingerprint density at radius 1 is 1.32 bits per heavy atom. The van der Waals surface area contributed by atoms with Gasteiger partial charge in [0, 0.05) is 31.1 Å². The summed E-state index contributed by atoms with van der Waals surface area (Å²) < 4.78 is 5.21. The van der Waals surface area contributed by atoms with Crippen molar-refractivity contribution in [3.05, 3.63) is 28.2 Å². The van der Waals surface area contributed by atoms with Crippen LogP contribution in [0.25, 0.3) is 0 Å². The van der Waals surface area contributed by atoms with E-state index in [-0.39, 0.29) is 5.91 Å². The summed E-state index contributed by atoms with van der Waals surface area (Å²) in [7, 11) is 0. The third kappa shape index (κ3) is 4.27. The lowest BCUT2D eigenvalue weighted by Gasteiger charge is -2.27. The van der Waals surface area contributed by atoms with Crippen molar-refractivity contribution < 1.29 is 9.53 Å². The lowest BCUT2D eigenvalue weighted by molar-refractivity contribution is -0.134. The fourth-order valence-corrected chi connectivity index (χ4v) is 2.26. The zero-order valence-corrected chi connectivity index (χ0v) is 12.0. The van der Waals surface area contributed by atoms with Gasteiger partial charge in [-0.3, -0.25) is 4.79 Å². The Labute approximate surface area is 122 Å². The van der Waals surface area contributed by atoms with Crippen LogP contribution in [-0.4, -0.2) is 43.7 Å². The molecule has 4 nitrogen and oxygen atoms in total.